The zero-order valence-electron chi connectivity index (χ0n) is 69.1. The summed E-state index contributed by atoms with van der Waals surface area (Å²) in [5.41, 5.74) is 0. The van der Waals surface area contributed by atoms with Crippen molar-refractivity contribution < 1.29 is 89.4 Å². The average Bonchev–Trinajstić information content (AvgIpc) is 0.781. The molecule has 642 valence electrons. The second kappa shape index (κ2) is 70.8. The van der Waals surface area contributed by atoms with Gasteiger partial charge in [-0.25, -0.2) is 0 Å². The van der Waals surface area contributed by atoms with Crippen LogP contribution in [-0.2, 0) is 33.2 Å². The number of ether oxygens (including phenoxy) is 6. The van der Waals surface area contributed by atoms with Gasteiger partial charge in [-0.05, 0) is 116 Å². The maximum Gasteiger partial charge on any atom is 0.220 e. The number of hydrogen-bond acceptors (Lipinski definition) is 18. The van der Waals surface area contributed by atoms with E-state index in [0.29, 0.717) is 12.8 Å². The molecule has 3 heterocycles. The van der Waals surface area contributed by atoms with Crippen LogP contribution in [0.5, 0.6) is 0 Å². The number of hydrogen-bond donors (Lipinski definition) is 12. The fourth-order valence-electron chi connectivity index (χ4n) is 13.9. The van der Waals surface area contributed by atoms with Gasteiger partial charge in [-0.3, -0.25) is 4.79 Å². The van der Waals surface area contributed by atoms with Crippen LogP contribution in [-0.4, -0.2) is 193 Å². The number of carbonyl (C=O) groups is 1. The van der Waals surface area contributed by atoms with Crippen LogP contribution in [0.2, 0.25) is 0 Å². The zero-order chi connectivity index (χ0) is 81.0. The third kappa shape index (κ3) is 49.0. The average molecular weight is 1580 g/mol. The lowest BCUT2D eigenvalue weighted by atomic mass is 9.96. The summed E-state index contributed by atoms with van der Waals surface area (Å²) in [5, 5.41) is 121. The Morgan fingerprint density at radius 3 is 1.00 bits per heavy atom. The standard InChI is InChI=1S/C93H157NO18/c1-3-5-7-9-11-13-15-17-19-21-23-25-27-29-31-32-33-34-35-36-37-38-39-40-41-42-43-44-45-47-49-51-53-55-57-59-61-63-65-67-69-71-81(99)94-76(77(98)70-68-66-64-62-60-58-56-54-52-50-48-46-30-28-26-24-22-20-18-16-14-12-10-8-6-4-2)75-107-91-87(105)84(102)89(79(73-96)109-91)112-93-88(106)85(103)90(80(74-97)110-93)111-92-86(104)83(101)82(100)78(72-95)108-92/h5,7,11,13,17,19,23,25,29,31,33-34,36-37,39-40,42-43,52,54,60,62,68,70,76-80,82-93,95-98,100-106H,3-4,6,8-10,12,14-16,18,20-22,24,26-28,30,32,35,38,41,44-51,53,55-59,61,63-67,69,71-75H2,1-2H3,(H,94,99)/b7-5-,13-11-,19-17-,25-23-,31-29-,34-33-,37-36-,40-39-,43-42-,54-52+,62-60+,70-68+. The molecule has 0 aromatic rings. The van der Waals surface area contributed by atoms with Crippen molar-refractivity contribution in [3.63, 3.8) is 0 Å². The topological polar surface area (TPSA) is 307 Å². The molecule has 3 fully saturated rings. The predicted octanol–water partition coefficient (Wildman–Crippen LogP) is 16.6. The first-order valence-corrected chi connectivity index (χ1v) is 44.1. The lowest BCUT2D eigenvalue weighted by molar-refractivity contribution is -0.379. The van der Waals surface area contributed by atoms with Crippen molar-refractivity contribution >= 4 is 5.91 Å². The lowest BCUT2D eigenvalue weighted by Gasteiger charge is -2.48. The van der Waals surface area contributed by atoms with Gasteiger partial charge in [-0.1, -0.05) is 327 Å². The number of nitrogens with one attached hydrogen (secondary N) is 1. The van der Waals surface area contributed by atoms with Crippen molar-refractivity contribution in [2.24, 2.45) is 0 Å². The van der Waals surface area contributed by atoms with Crippen LogP contribution in [0.15, 0.2) is 146 Å². The smallest absolute Gasteiger partial charge is 0.220 e. The summed E-state index contributed by atoms with van der Waals surface area (Å²) in [6.45, 7) is 1.61. The quantitative estimate of drug-likeness (QED) is 0.0199. The minimum absolute atomic E-state index is 0.222. The molecule has 3 rings (SSSR count). The molecule has 0 bridgehead atoms. The number of aliphatic hydroxyl groups is 11. The van der Waals surface area contributed by atoms with Crippen molar-refractivity contribution in [1.29, 1.82) is 0 Å². The third-order valence-corrected chi connectivity index (χ3v) is 20.8. The maximum atomic E-state index is 13.5. The first-order valence-electron chi connectivity index (χ1n) is 44.1. The zero-order valence-corrected chi connectivity index (χ0v) is 69.1. The van der Waals surface area contributed by atoms with Gasteiger partial charge in [0.05, 0.1) is 38.6 Å². The Bertz CT molecular complexity index is 2590. The molecule has 19 heteroatoms. The Labute approximate surface area is 676 Å². The number of carbonyl (C=O) groups excluding carboxylic acids is 1. The van der Waals surface area contributed by atoms with Crippen LogP contribution in [0.3, 0.4) is 0 Å². The second-order valence-corrected chi connectivity index (χ2v) is 30.6. The molecule has 0 aromatic heterocycles. The van der Waals surface area contributed by atoms with E-state index in [4.69, 9.17) is 28.4 Å². The van der Waals surface area contributed by atoms with E-state index in [1.807, 2.05) is 6.08 Å². The first kappa shape index (κ1) is 102. The molecule has 112 heavy (non-hydrogen) atoms. The van der Waals surface area contributed by atoms with Gasteiger partial charge in [0, 0.05) is 6.42 Å². The number of aliphatic hydroxyl groups excluding tert-OH is 11. The van der Waals surface area contributed by atoms with Gasteiger partial charge in [0.15, 0.2) is 18.9 Å². The molecule has 1 amide bonds. The Hall–Kier alpha value is -4.33. The van der Waals surface area contributed by atoms with Crippen molar-refractivity contribution in [1.82, 2.24) is 5.32 Å². The van der Waals surface area contributed by atoms with E-state index >= 15 is 0 Å². The van der Waals surface area contributed by atoms with Crippen LogP contribution in [0.4, 0.5) is 0 Å². The second-order valence-electron chi connectivity index (χ2n) is 30.6. The molecule has 0 saturated carbocycles. The van der Waals surface area contributed by atoms with Crippen LogP contribution in [0.25, 0.3) is 0 Å². The Morgan fingerprint density at radius 2 is 0.625 bits per heavy atom. The van der Waals surface area contributed by atoms with E-state index in [1.54, 1.807) is 6.08 Å². The first-order chi connectivity index (χ1) is 54.8. The molecule has 0 spiro atoms. The molecule has 19 nitrogen and oxygen atoms in total. The van der Waals surface area contributed by atoms with Crippen molar-refractivity contribution in [2.75, 3.05) is 26.4 Å². The fraction of sp³-hybridized carbons (Fsp3) is 0.731. The summed E-state index contributed by atoms with van der Waals surface area (Å²) in [6.07, 6.45) is 77.0. The monoisotopic (exact) mass is 1580 g/mol. The molecule has 0 aliphatic carbocycles. The maximum absolute atomic E-state index is 13.5. The minimum atomic E-state index is -1.99. The Morgan fingerprint density at radius 1 is 0.330 bits per heavy atom. The summed E-state index contributed by atoms with van der Waals surface area (Å²) in [5.74, 6) is -0.294. The van der Waals surface area contributed by atoms with E-state index in [-0.39, 0.29) is 18.9 Å². The van der Waals surface area contributed by atoms with Gasteiger partial charge in [0.2, 0.25) is 5.91 Å². The van der Waals surface area contributed by atoms with Crippen LogP contribution < -0.4 is 5.32 Å². The van der Waals surface area contributed by atoms with Crippen molar-refractivity contribution in [3.05, 3.63) is 146 Å². The van der Waals surface area contributed by atoms with Crippen LogP contribution >= 0.6 is 0 Å². The largest absolute Gasteiger partial charge is 0.394 e. The molecule has 17 unspecified atom stereocenters. The molecule has 3 aliphatic rings. The van der Waals surface area contributed by atoms with E-state index in [9.17, 15) is 61.0 Å². The SMILES string of the molecule is CC/C=C\C/C=C\C/C=C\C/C=C\C/C=C\C/C=C\C/C=C\C/C=C\C/C=C\CCCCCCCCCCCCCCCC(=O)NC(COC1OC(CO)C(OC2OC(CO)C(OC3OC(CO)C(O)C(O)C3O)C(O)C2O)C(O)C1O)C(O)/C=C/CC/C=C/CC/C=C/CCCCCCCCCCCCCCCCCC. The van der Waals surface area contributed by atoms with E-state index in [2.05, 4.69) is 153 Å². The number of allylic oxidation sites excluding steroid dienone is 23. The highest BCUT2D eigenvalue weighted by Gasteiger charge is 2.54. The number of amides is 1. The number of unbranched alkanes of at least 4 members (excludes halogenated alkanes) is 31. The van der Waals surface area contributed by atoms with Crippen molar-refractivity contribution in [3.8, 4) is 0 Å². The van der Waals surface area contributed by atoms with E-state index < -0.39 is 124 Å². The molecule has 3 saturated heterocycles. The Kier molecular flexibility index (Phi) is 64.4. The summed E-state index contributed by atoms with van der Waals surface area (Å²) >= 11 is 0. The highest BCUT2D eigenvalue weighted by molar-refractivity contribution is 5.76. The fourth-order valence-corrected chi connectivity index (χ4v) is 13.9. The van der Waals surface area contributed by atoms with Gasteiger partial charge in [0.25, 0.3) is 0 Å². The molecule has 17 atom stereocenters. The summed E-state index contributed by atoms with van der Waals surface area (Å²) in [6, 6.07) is -1.01. The highest BCUT2D eigenvalue weighted by Crippen LogP contribution is 2.33. The molecule has 0 radical (unpaired) electrons. The predicted molar refractivity (Wildman–Crippen MR) is 452 cm³/mol. The van der Waals surface area contributed by atoms with Gasteiger partial charge < -0.3 is 89.9 Å². The molecular formula is C93H157NO18. The van der Waals surface area contributed by atoms with Gasteiger partial charge in [-0.2, -0.15) is 0 Å². The van der Waals surface area contributed by atoms with Gasteiger partial charge in [0.1, 0.15) is 73.2 Å². The minimum Gasteiger partial charge on any atom is -0.394 e. The van der Waals surface area contributed by atoms with Gasteiger partial charge >= 0.3 is 0 Å². The van der Waals surface area contributed by atoms with Crippen LogP contribution in [0.1, 0.15) is 303 Å². The molecule has 12 N–H and O–H groups in total. The molecular weight excluding hydrogens is 1420 g/mol. The van der Waals surface area contributed by atoms with Crippen molar-refractivity contribution in [2.45, 2.75) is 407 Å². The van der Waals surface area contributed by atoms with Gasteiger partial charge in [-0.15, -0.1) is 0 Å². The van der Waals surface area contributed by atoms with E-state index in [1.165, 1.54) is 154 Å². The summed E-state index contributed by atoms with van der Waals surface area (Å²) < 4.78 is 34.5. The molecule has 3 aliphatic heterocycles. The number of rotatable bonds is 69. The summed E-state index contributed by atoms with van der Waals surface area (Å²) in [7, 11) is 0. The highest BCUT2D eigenvalue weighted by atomic mass is 16.8. The third-order valence-electron chi connectivity index (χ3n) is 20.8. The summed E-state index contributed by atoms with van der Waals surface area (Å²) in [4.78, 5) is 13.5. The van der Waals surface area contributed by atoms with E-state index in [0.717, 1.165) is 116 Å². The normalized spacial score (nSPS) is 25.7. The molecule has 0 aromatic carbocycles. The lowest BCUT2D eigenvalue weighted by Crippen LogP contribution is -2.66. The Balaban J connectivity index is 1.34. The van der Waals surface area contributed by atoms with Crippen LogP contribution in [0, 0.1) is 0 Å².